The fourth-order valence-electron chi connectivity index (χ4n) is 2.17. The second-order valence-electron chi connectivity index (χ2n) is 5.25. The van der Waals surface area contributed by atoms with Crippen LogP contribution in [0.5, 0.6) is 11.5 Å². The highest BCUT2D eigenvalue weighted by atomic mass is 16.5. The molecular formula is C16H22N2O3. The van der Waals surface area contributed by atoms with E-state index in [4.69, 9.17) is 9.47 Å². The number of hydrogen-bond donors (Lipinski definition) is 1. The molecule has 0 radical (unpaired) electrons. The van der Waals surface area contributed by atoms with Gasteiger partial charge >= 0.3 is 0 Å². The van der Waals surface area contributed by atoms with Gasteiger partial charge in [0.05, 0.1) is 31.4 Å². The maximum atomic E-state index is 9.83. The summed E-state index contributed by atoms with van der Waals surface area (Å²) in [4.78, 5) is 4.16. The Morgan fingerprint density at radius 2 is 2.05 bits per heavy atom. The minimum Gasteiger partial charge on any atom is -0.497 e. The molecule has 1 aromatic heterocycles. The number of nitrogens with zero attached hydrogens (tertiary/aromatic N) is 2. The highest BCUT2D eigenvalue weighted by Crippen LogP contribution is 2.30. The maximum absolute atomic E-state index is 9.83. The van der Waals surface area contributed by atoms with E-state index in [1.54, 1.807) is 32.6 Å². The first-order valence-corrected chi connectivity index (χ1v) is 7.02. The van der Waals surface area contributed by atoms with Gasteiger partial charge in [-0.1, -0.05) is 0 Å². The molecule has 1 N–H and O–H groups in total. The van der Waals surface area contributed by atoms with E-state index in [2.05, 4.69) is 23.4 Å². The van der Waals surface area contributed by atoms with Crippen LogP contribution in [0.2, 0.25) is 0 Å². The maximum Gasteiger partial charge on any atom is 0.130 e. The molecule has 2 aromatic rings. The van der Waals surface area contributed by atoms with Crippen molar-refractivity contribution in [1.29, 1.82) is 0 Å². The molecule has 5 nitrogen and oxygen atoms in total. The molecule has 21 heavy (non-hydrogen) atoms. The van der Waals surface area contributed by atoms with Crippen molar-refractivity contribution in [3.8, 4) is 11.5 Å². The zero-order chi connectivity index (χ0) is 15.4. The Labute approximate surface area is 125 Å². The number of methoxy groups -OCH3 is 1. The largest absolute Gasteiger partial charge is 0.497 e. The number of hydrogen-bond acceptors (Lipinski definition) is 4. The summed E-state index contributed by atoms with van der Waals surface area (Å²) in [6.45, 7) is 6.30. The Hall–Kier alpha value is -2.01. The fraction of sp³-hybridized carbons (Fsp3) is 0.438. The molecule has 2 rings (SSSR count). The molecule has 1 heterocycles. The van der Waals surface area contributed by atoms with Crippen molar-refractivity contribution in [1.82, 2.24) is 9.55 Å². The van der Waals surface area contributed by atoms with Crippen molar-refractivity contribution >= 4 is 0 Å². The van der Waals surface area contributed by atoms with Crippen LogP contribution in [0.25, 0.3) is 0 Å². The van der Waals surface area contributed by atoms with Crippen LogP contribution in [-0.2, 0) is 6.61 Å². The Balaban J connectivity index is 2.20. The van der Waals surface area contributed by atoms with Crippen molar-refractivity contribution in [2.24, 2.45) is 0 Å². The topological polar surface area (TPSA) is 56.5 Å². The predicted octanol–water partition coefficient (Wildman–Crippen LogP) is 3.10. The Morgan fingerprint density at radius 3 is 2.67 bits per heavy atom. The third-order valence-electron chi connectivity index (χ3n) is 3.35. The van der Waals surface area contributed by atoms with Gasteiger partial charge in [0.1, 0.15) is 18.1 Å². The van der Waals surface area contributed by atoms with Crippen LogP contribution in [0, 0.1) is 0 Å². The van der Waals surface area contributed by atoms with Gasteiger partial charge in [-0.05, 0) is 32.9 Å². The van der Waals surface area contributed by atoms with E-state index in [1.807, 2.05) is 12.1 Å². The van der Waals surface area contributed by atoms with Gasteiger partial charge < -0.3 is 19.1 Å². The molecule has 1 atom stereocenters. The van der Waals surface area contributed by atoms with E-state index in [9.17, 15) is 5.11 Å². The second-order valence-corrected chi connectivity index (χ2v) is 5.25. The number of aromatic nitrogens is 2. The summed E-state index contributed by atoms with van der Waals surface area (Å²) in [5, 5.41) is 9.83. The van der Waals surface area contributed by atoms with E-state index in [0.29, 0.717) is 24.1 Å². The van der Waals surface area contributed by atoms with E-state index >= 15 is 0 Å². The molecule has 0 bridgehead atoms. The predicted molar refractivity (Wildman–Crippen MR) is 80.6 cm³/mol. The normalized spacial score (nSPS) is 12.5. The quantitative estimate of drug-likeness (QED) is 0.888. The lowest BCUT2D eigenvalue weighted by Gasteiger charge is -2.16. The first-order valence-electron chi connectivity index (χ1n) is 7.02. The van der Waals surface area contributed by atoms with Crippen LogP contribution >= 0.6 is 0 Å². The smallest absolute Gasteiger partial charge is 0.130 e. The van der Waals surface area contributed by atoms with Crippen LogP contribution in [0.15, 0.2) is 30.7 Å². The molecular weight excluding hydrogens is 268 g/mol. The number of aliphatic hydroxyl groups is 1. The third-order valence-corrected chi connectivity index (χ3v) is 3.35. The summed E-state index contributed by atoms with van der Waals surface area (Å²) >= 11 is 0. The summed E-state index contributed by atoms with van der Waals surface area (Å²) in [6.07, 6.45) is 2.99. The summed E-state index contributed by atoms with van der Waals surface area (Å²) in [5.74, 6) is 1.33. The van der Waals surface area contributed by atoms with Crippen LogP contribution in [-0.4, -0.2) is 21.8 Å². The lowest BCUT2D eigenvalue weighted by Crippen LogP contribution is -2.08. The average Bonchev–Trinajstić information content (AvgIpc) is 2.93. The van der Waals surface area contributed by atoms with Gasteiger partial charge in [0.2, 0.25) is 0 Å². The fourth-order valence-corrected chi connectivity index (χ4v) is 2.17. The molecule has 0 unspecified atom stereocenters. The van der Waals surface area contributed by atoms with Crippen LogP contribution in [0.4, 0.5) is 0 Å². The number of aliphatic hydroxyl groups excluding tert-OH is 1. The molecule has 0 amide bonds. The molecule has 0 aliphatic heterocycles. The highest BCUT2D eigenvalue weighted by molar-refractivity contribution is 5.41. The van der Waals surface area contributed by atoms with Crippen molar-refractivity contribution in [3.63, 3.8) is 0 Å². The Bertz CT molecular complexity index is 591. The lowest BCUT2D eigenvalue weighted by molar-refractivity contribution is 0.189. The summed E-state index contributed by atoms with van der Waals surface area (Å²) < 4.78 is 13.1. The molecule has 0 spiro atoms. The summed E-state index contributed by atoms with van der Waals surface area (Å²) in [7, 11) is 1.61. The first kappa shape index (κ1) is 15.4. The number of imidazole rings is 1. The van der Waals surface area contributed by atoms with Gasteiger partial charge in [0.25, 0.3) is 0 Å². The van der Waals surface area contributed by atoms with Gasteiger partial charge in [-0.2, -0.15) is 0 Å². The zero-order valence-electron chi connectivity index (χ0n) is 12.9. The van der Waals surface area contributed by atoms with Crippen molar-refractivity contribution < 1.29 is 14.6 Å². The summed E-state index contributed by atoms with van der Waals surface area (Å²) in [6, 6.07) is 5.75. The van der Waals surface area contributed by atoms with E-state index in [1.165, 1.54) is 0 Å². The lowest BCUT2D eigenvalue weighted by atomic mass is 10.1. The molecule has 1 aromatic carbocycles. The standard InChI is InChI=1S/C16H22N2O3/c1-11(2)18-10-17-8-13(18)9-21-16-7-14(20-4)5-6-15(16)12(3)19/h5-8,10-12,19H,9H2,1-4H3/t12-/m0/s1. The van der Waals surface area contributed by atoms with Crippen molar-refractivity contribution in [2.75, 3.05) is 7.11 Å². The van der Waals surface area contributed by atoms with E-state index in [-0.39, 0.29) is 0 Å². The molecule has 0 saturated heterocycles. The van der Waals surface area contributed by atoms with Crippen LogP contribution < -0.4 is 9.47 Å². The van der Waals surface area contributed by atoms with Crippen LogP contribution in [0.3, 0.4) is 0 Å². The number of ether oxygens (including phenoxy) is 2. The van der Waals surface area contributed by atoms with E-state index < -0.39 is 6.10 Å². The number of rotatable bonds is 6. The monoisotopic (exact) mass is 290 g/mol. The molecule has 5 heteroatoms. The highest BCUT2D eigenvalue weighted by Gasteiger charge is 2.12. The molecule has 0 aliphatic rings. The minimum absolute atomic E-state index is 0.327. The first-order chi connectivity index (χ1) is 10.0. The van der Waals surface area contributed by atoms with Gasteiger partial charge in [-0.15, -0.1) is 0 Å². The molecule has 0 saturated carbocycles. The number of benzene rings is 1. The second kappa shape index (κ2) is 6.63. The summed E-state index contributed by atoms with van der Waals surface area (Å²) in [5.41, 5.74) is 1.73. The van der Waals surface area contributed by atoms with Crippen LogP contribution in [0.1, 0.15) is 44.2 Å². The minimum atomic E-state index is -0.596. The molecule has 114 valence electrons. The van der Waals surface area contributed by atoms with E-state index in [0.717, 1.165) is 11.3 Å². The van der Waals surface area contributed by atoms with Gasteiger partial charge in [0, 0.05) is 17.7 Å². The van der Waals surface area contributed by atoms with Gasteiger partial charge in [0.15, 0.2) is 0 Å². The SMILES string of the molecule is COc1ccc([C@H](C)O)c(OCc2cncn2C(C)C)c1. The van der Waals surface area contributed by atoms with Gasteiger partial charge in [-0.25, -0.2) is 4.98 Å². The zero-order valence-corrected chi connectivity index (χ0v) is 12.9. The molecule has 0 aliphatic carbocycles. The molecule has 0 fully saturated rings. The third kappa shape index (κ3) is 3.55. The average molecular weight is 290 g/mol. The van der Waals surface area contributed by atoms with Crippen molar-refractivity contribution in [3.05, 3.63) is 42.0 Å². The Morgan fingerprint density at radius 1 is 1.29 bits per heavy atom. The van der Waals surface area contributed by atoms with Crippen molar-refractivity contribution in [2.45, 2.75) is 39.5 Å². The van der Waals surface area contributed by atoms with Gasteiger partial charge in [-0.3, -0.25) is 0 Å². The Kier molecular flexibility index (Phi) is 4.85.